The number of carbonyl (C=O) groups is 2. The topological polar surface area (TPSA) is 57.6 Å². The Morgan fingerprint density at radius 1 is 1.37 bits per heavy atom. The third-order valence-corrected chi connectivity index (χ3v) is 3.63. The highest BCUT2D eigenvalue weighted by molar-refractivity contribution is 5.85. The summed E-state index contributed by atoms with van der Waals surface area (Å²) in [6.45, 7) is 2.43. The van der Waals surface area contributed by atoms with Gasteiger partial charge in [-0.3, -0.25) is 4.79 Å². The summed E-state index contributed by atoms with van der Waals surface area (Å²) in [6.07, 6.45) is 2.00. The van der Waals surface area contributed by atoms with Gasteiger partial charge in [-0.2, -0.15) is 0 Å². The molecule has 2 rings (SSSR count). The molecule has 1 aromatic rings. The fraction of sp³-hybridized carbons (Fsp3) is 0.467. The second kappa shape index (κ2) is 5.87. The third-order valence-electron chi connectivity index (χ3n) is 3.63. The lowest BCUT2D eigenvalue weighted by atomic mass is 9.99. The van der Waals surface area contributed by atoms with Crippen molar-refractivity contribution in [2.24, 2.45) is 5.92 Å². The van der Waals surface area contributed by atoms with Gasteiger partial charge in [0.2, 0.25) is 5.91 Å². The quantitative estimate of drug-likeness (QED) is 0.901. The number of carboxylic acid groups (broad SMARTS) is 1. The van der Waals surface area contributed by atoms with Gasteiger partial charge in [0.25, 0.3) is 0 Å². The van der Waals surface area contributed by atoms with Crippen LogP contribution in [0.3, 0.4) is 0 Å². The molecule has 1 aliphatic rings. The van der Waals surface area contributed by atoms with Gasteiger partial charge >= 0.3 is 5.97 Å². The van der Waals surface area contributed by atoms with Gasteiger partial charge in [-0.25, -0.2) is 4.79 Å². The number of aliphatic carboxylic acids is 1. The van der Waals surface area contributed by atoms with Crippen LogP contribution in [0.15, 0.2) is 30.3 Å². The number of rotatable bonds is 4. The number of hydrogen-bond acceptors (Lipinski definition) is 2. The molecule has 1 saturated heterocycles. The van der Waals surface area contributed by atoms with E-state index >= 15 is 0 Å². The van der Waals surface area contributed by atoms with Gasteiger partial charge in [-0.1, -0.05) is 37.3 Å². The molecule has 0 aromatic heterocycles. The lowest BCUT2D eigenvalue weighted by Gasteiger charge is -2.25. The van der Waals surface area contributed by atoms with Crippen LogP contribution in [0.2, 0.25) is 0 Å². The van der Waals surface area contributed by atoms with E-state index in [0.29, 0.717) is 19.4 Å². The fourth-order valence-corrected chi connectivity index (χ4v) is 2.63. The van der Waals surface area contributed by atoms with Crippen molar-refractivity contribution in [3.8, 4) is 0 Å². The Morgan fingerprint density at radius 2 is 2.05 bits per heavy atom. The molecule has 19 heavy (non-hydrogen) atoms. The molecule has 1 aromatic carbocycles. The number of likely N-dealkylation sites (tertiary alicyclic amines) is 1. The van der Waals surface area contributed by atoms with Crippen molar-refractivity contribution in [1.29, 1.82) is 0 Å². The molecule has 4 nitrogen and oxygen atoms in total. The fourth-order valence-electron chi connectivity index (χ4n) is 2.63. The van der Waals surface area contributed by atoms with E-state index in [0.717, 1.165) is 12.0 Å². The van der Waals surface area contributed by atoms with E-state index in [9.17, 15) is 9.59 Å². The van der Waals surface area contributed by atoms with Crippen molar-refractivity contribution in [2.75, 3.05) is 6.54 Å². The maximum Gasteiger partial charge on any atom is 0.326 e. The minimum atomic E-state index is -0.891. The maximum atomic E-state index is 12.3. The second-order valence-corrected chi connectivity index (χ2v) is 5.12. The monoisotopic (exact) mass is 261 g/mol. The number of benzene rings is 1. The van der Waals surface area contributed by atoms with Crippen LogP contribution in [0.4, 0.5) is 0 Å². The first-order valence-corrected chi connectivity index (χ1v) is 6.67. The largest absolute Gasteiger partial charge is 0.480 e. The first-order chi connectivity index (χ1) is 9.09. The van der Waals surface area contributed by atoms with Crippen molar-refractivity contribution in [1.82, 2.24) is 4.90 Å². The molecule has 0 spiro atoms. The number of carboxylic acids is 1. The molecule has 1 N–H and O–H groups in total. The SMILES string of the molecule is CC(Cc1ccccc1)C(=O)N1CCC[C@H]1C(=O)O. The van der Waals surface area contributed by atoms with Crippen molar-refractivity contribution < 1.29 is 14.7 Å². The molecule has 1 aliphatic heterocycles. The molecule has 1 amide bonds. The average molecular weight is 261 g/mol. The van der Waals surface area contributed by atoms with E-state index in [1.165, 1.54) is 4.90 Å². The Kier molecular flexibility index (Phi) is 4.20. The average Bonchev–Trinajstić information content (AvgIpc) is 2.88. The molecule has 1 unspecified atom stereocenters. The predicted molar refractivity (Wildman–Crippen MR) is 71.7 cm³/mol. The Balaban J connectivity index is 2.01. The molecule has 4 heteroatoms. The molecule has 2 atom stereocenters. The molecular formula is C15H19NO3. The van der Waals surface area contributed by atoms with Gasteiger partial charge < -0.3 is 10.0 Å². The molecule has 1 fully saturated rings. The molecule has 0 aliphatic carbocycles. The minimum Gasteiger partial charge on any atom is -0.480 e. The molecule has 0 radical (unpaired) electrons. The van der Waals surface area contributed by atoms with Gasteiger partial charge in [0.15, 0.2) is 0 Å². The predicted octanol–water partition coefficient (Wildman–Crippen LogP) is 1.94. The maximum absolute atomic E-state index is 12.3. The highest BCUT2D eigenvalue weighted by atomic mass is 16.4. The highest BCUT2D eigenvalue weighted by Gasteiger charge is 2.35. The molecule has 1 heterocycles. The number of hydrogen-bond donors (Lipinski definition) is 1. The first-order valence-electron chi connectivity index (χ1n) is 6.67. The zero-order valence-electron chi connectivity index (χ0n) is 11.1. The van der Waals surface area contributed by atoms with E-state index in [4.69, 9.17) is 5.11 Å². The molecule has 102 valence electrons. The van der Waals surface area contributed by atoms with Crippen LogP contribution in [0, 0.1) is 5.92 Å². The first kappa shape index (κ1) is 13.6. The van der Waals surface area contributed by atoms with Crippen molar-refractivity contribution >= 4 is 11.9 Å². The van der Waals surface area contributed by atoms with E-state index in [1.807, 2.05) is 37.3 Å². The van der Waals surface area contributed by atoms with Crippen LogP contribution in [0.25, 0.3) is 0 Å². The van der Waals surface area contributed by atoms with Crippen LogP contribution in [-0.2, 0) is 16.0 Å². The van der Waals surface area contributed by atoms with E-state index in [1.54, 1.807) is 0 Å². The molecular weight excluding hydrogens is 242 g/mol. The Hall–Kier alpha value is -1.84. The van der Waals surface area contributed by atoms with Gasteiger partial charge in [0.1, 0.15) is 6.04 Å². The van der Waals surface area contributed by atoms with Crippen LogP contribution >= 0.6 is 0 Å². The van der Waals surface area contributed by atoms with Crippen molar-refractivity contribution in [3.63, 3.8) is 0 Å². The molecule has 0 saturated carbocycles. The summed E-state index contributed by atoms with van der Waals surface area (Å²) in [4.78, 5) is 25.0. The normalized spacial score (nSPS) is 20.3. The van der Waals surface area contributed by atoms with Crippen LogP contribution in [0.5, 0.6) is 0 Å². The van der Waals surface area contributed by atoms with E-state index in [-0.39, 0.29) is 11.8 Å². The Morgan fingerprint density at radius 3 is 2.68 bits per heavy atom. The summed E-state index contributed by atoms with van der Waals surface area (Å²) in [7, 11) is 0. The van der Waals surface area contributed by atoms with Crippen molar-refractivity contribution in [2.45, 2.75) is 32.2 Å². The van der Waals surface area contributed by atoms with Gasteiger partial charge in [0.05, 0.1) is 0 Å². The van der Waals surface area contributed by atoms with Gasteiger partial charge in [0, 0.05) is 12.5 Å². The summed E-state index contributed by atoms with van der Waals surface area (Å²) in [5.41, 5.74) is 1.11. The number of amides is 1. The summed E-state index contributed by atoms with van der Waals surface area (Å²) in [5, 5.41) is 9.11. The Bertz CT molecular complexity index is 458. The summed E-state index contributed by atoms with van der Waals surface area (Å²) in [6, 6.07) is 9.18. The second-order valence-electron chi connectivity index (χ2n) is 5.12. The lowest BCUT2D eigenvalue weighted by Crippen LogP contribution is -2.43. The lowest BCUT2D eigenvalue weighted by molar-refractivity contribution is -0.149. The van der Waals surface area contributed by atoms with E-state index in [2.05, 4.69) is 0 Å². The summed E-state index contributed by atoms with van der Waals surface area (Å²) >= 11 is 0. The standard InChI is InChI=1S/C15H19NO3/c1-11(10-12-6-3-2-4-7-12)14(17)16-9-5-8-13(16)15(18)19/h2-4,6-7,11,13H,5,8-10H2,1H3,(H,18,19)/t11?,13-/m0/s1. The van der Waals surface area contributed by atoms with Crippen LogP contribution in [-0.4, -0.2) is 34.5 Å². The molecule has 0 bridgehead atoms. The minimum absolute atomic E-state index is 0.0475. The summed E-state index contributed by atoms with van der Waals surface area (Å²) in [5.74, 6) is -1.12. The van der Waals surface area contributed by atoms with Crippen molar-refractivity contribution in [3.05, 3.63) is 35.9 Å². The number of nitrogens with zero attached hydrogens (tertiary/aromatic N) is 1. The highest BCUT2D eigenvalue weighted by Crippen LogP contribution is 2.21. The van der Waals surface area contributed by atoms with Gasteiger partial charge in [-0.15, -0.1) is 0 Å². The van der Waals surface area contributed by atoms with E-state index < -0.39 is 12.0 Å². The summed E-state index contributed by atoms with van der Waals surface area (Å²) < 4.78 is 0. The Labute approximate surface area is 113 Å². The zero-order chi connectivity index (χ0) is 13.8. The number of carbonyl (C=O) groups excluding carboxylic acids is 1. The third kappa shape index (κ3) is 3.13. The van der Waals surface area contributed by atoms with Crippen LogP contribution < -0.4 is 0 Å². The zero-order valence-corrected chi connectivity index (χ0v) is 11.1. The van der Waals surface area contributed by atoms with Gasteiger partial charge in [-0.05, 0) is 24.8 Å². The van der Waals surface area contributed by atoms with Crippen LogP contribution in [0.1, 0.15) is 25.3 Å². The smallest absolute Gasteiger partial charge is 0.326 e.